The van der Waals surface area contributed by atoms with Gasteiger partial charge in [-0.15, -0.1) is 0 Å². The van der Waals surface area contributed by atoms with Crippen molar-refractivity contribution in [3.8, 4) is 0 Å². The van der Waals surface area contributed by atoms with Gasteiger partial charge in [-0.2, -0.15) is 0 Å². The maximum atomic E-state index is 12.0. The zero-order chi connectivity index (χ0) is 18.4. The Morgan fingerprint density at radius 2 is 2.08 bits per heavy atom. The Labute approximate surface area is 157 Å². The Bertz CT molecular complexity index is 623. The molecule has 146 valence electrons. The number of hydrogen-bond acceptors (Lipinski definition) is 4. The predicted octanol–water partition coefficient (Wildman–Crippen LogP) is 3.23. The minimum Gasteiger partial charge on any atom is -0.460 e. The smallest absolute Gasteiger partial charge is 0.336 e. The number of cyclic esters (lactones) is 1. The topological polar surface area (TPSA) is 64.6 Å². The number of allylic oxidation sites excluding steroid dienone is 1. The van der Waals surface area contributed by atoms with Crippen molar-refractivity contribution in [3.05, 3.63) is 11.6 Å². The third kappa shape index (κ3) is 2.70. The second-order valence-corrected chi connectivity index (χ2v) is 9.17. The van der Waals surface area contributed by atoms with Crippen LogP contribution in [-0.2, 0) is 19.1 Å². The monoisotopic (exact) mass is 363 g/mol. The van der Waals surface area contributed by atoms with Gasteiger partial charge in [-0.25, -0.2) is 4.79 Å². The quantitative estimate of drug-likeness (QED) is 0.473. The second-order valence-electron chi connectivity index (χ2n) is 9.17. The molecular weight excluding hydrogens is 330 g/mol. The zero-order valence-electron chi connectivity index (χ0n) is 16.0. The van der Waals surface area contributed by atoms with Crippen LogP contribution in [0, 0.1) is 22.7 Å². The number of carbonyl (C=O) groups excluding carboxylic acids is 2. The number of esters is 1. The van der Waals surface area contributed by atoms with Crippen LogP contribution in [0.4, 0.5) is 0 Å². The van der Waals surface area contributed by atoms with E-state index in [2.05, 4.69) is 19.2 Å². The van der Waals surface area contributed by atoms with Crippen molar-refractivity contribution in [2.75, 3.05) is 13.2 Å². The number of carbonyl (C=O) groups is 2. The summed E-state index contributed by atoms with van der Waals surface area (Å²) in [6, 6.07) is -0.288. The SMILES string of the molecule is C[C@@]12CCC3OCC[C@@]3(C)[C@H]1CCC[C@H]2C/C=C1/C(=O)OCC1NC=O.[HH]. The van der Waals surface area contributed by atoms with Gasteiger partial charge in [-0.3, -0.25) is 4.79 Å². The molecule has 1 amide bonds. The van der Waals surface area contributed by atoms with Crippen molar-refractivity contribution in [3.63, 3.8) is 0 Å². The van der Waals surface area contributed by atoms with Crippen LogP contribution in [0.5, 0.6) is 0 Å². The maximum Gasteiger partial charge on any atom is 0.336 e. The highest BCUT2D eigenvalue weighted by Crippen LogP contribution is 2.63. The molecule has 5 nitrogen and oxygen atoms in total. The highest BCUT2D eigenvalue weighted by molar-refractivity contribution is 5.92. The highest BCUT2D eigenvalue weighted by atomic mass is 16.5. The van der Waals surface area contributed by atoms with Crippen LogP contribution in [0.1, 0.15) is 60.2 Å². The average molecular weight is 363 g/mol. The van der Waals surface area contributed by atoms with E-state index in [-0.39, 0.29) is 20.0 Å². The lowest BCUT2D eigenvalue weighted by atomic mass is 9.46. The summed E-state index contributed by atoms with van der Waals surface area (Å²) < 4.78 is 11.2. The Morgan fingerprint density at radius 1 is 1.23 bits per heavy atom. The van der Waals surface area contributed by atoms with E-state index >= 15 is 0 Å². The number of nitrogens with one attached hydrogen (secondary N) is 1. The summed E-state index contributed by atoms with van der Waals surface area (Å²) in [6.45, 7) is 6.10. The van der Waals surface area contributed by atoms with Gasteiger partial charge in [0.15, 0.2) is 0 Å². The van der Waals surface area contributed by atoms with Gasteiger partial charge in [0.2, 0.25) is 6.41 Å². The third-order valence-corrected chi connectivity index (χ3v) is 8.09. The van der Waals surface area contributed by atoms with E-state index in [1.807, 2.05) is 6.08 Å². The summed E-state index contributed by atoms with van der Waals surface area (Å²) in [5.74, 6) is 1.01. The van der Waals surface area contributed by atoms with Crippen LogP contribution < -0.4 is 5.32 Å². The second kappa shape index (κ2) is 6.66. The highest BCUT2D eigenvalue weighted by Gasteiger charge is 2.58. The number of amides is 1. The van der Waals surface area contributed by atoms with Gasteiger partial charge in [0.1, 0.15) is 6.61 Å². The van der Waals surface area contributed by atoms with Gasteiger partial charge in [0.05, 0.1) is 17.7 Å². The Hall–Kier alpha value is -1.36. The molecule has 4 aliphatic rings. The van der Waals surface area contributed by atoms with Gasteiger partial charge in [-0.05, 0) is 61.2 Å². The fraction of sp³-hybridized carbons (Fsp3) is 0.810. The molecule has 0 spiro atoms. The van der Waals surface area contributed by atoms with Gasteiger partial charge >= 0.3 is 5.97 Å². The van der Waals surface area contributed by atoms with E-state index in [1.54, 1.807) is 0 Å². The Morgan fingerprint density at radius 3 is 2.88 bits per heavy atom. The van der Waals surface area contributed by atoms with Crippen LogP contribution in [0.2, 0.25) is 0 Å². The molecule has 6 atom stereocenters. The number of hydrogen-bond donors (Lipinski definition) is 1. The summed E-state index contributed by atoms with van der Waals surface area (Å²) in [5, 5.41) is 2.70. The number of ether oxygens (including phenoxy) is 2. The first-order valence-corrected chi connectivity index (χ1v) is 10.2. The summed E-state index contributed by atoms with van der Waals surface area (Å²) in [6.07, 6.45) is 11.4. The summed E-state index contributed by atoms with van der Waals surface area (Å²) >= 11 is 0. The predicted molar refractivity (Wildman–Crippen MR) is 99.4 cm³/mol. The van der Waals surface area contributed by atoms with Crippen molar-refractivity contribution in [2.45, 2.75) is 70.9 Å². The largest absolute Gasteiger partial charge is 0.460 e. The first-order chi connectivity index (χ1) is 12.5. The number of fused-ring (bicyclic) bond motifs is 3. The molecule has 4 fully saturated rings. The standard InChI is InChI=1S/C21H31NO4.H2/c1-20-9-8-18-21(2,10-11-25-18)17(20)5-3-4-14(20)6-7-15-16(22-13-23)12-26-19(15)24;/h7,13-14,16-18H,3-6,8-12H2,1-2H3,(H,22,23);1H/b15-7+;/t14-,16?,17-,18?,20-,21-;/m0./s1. The van der Waals surface area contributed by atoms with Gasteiger partial charge in [-0.1, -0.05) is 26.3 Å². The van der Waals surface area contributed by atoms with E-state index in [9.17, 15) is 9.59 Å². The van der Waals surface area contributed by atoms with E-state index in [0.717, 1.165) is 19.4 Å². The van der Waals surface area contributed by atoms with Crippen molar-refractivity contribution in [1.29, 1.82) is 0 Å². The Kier molecular flexibility index (Phi) is 4.62. The minimum absolute atomic E-state index is 0. The van der Waals surface area contributed by atoms with Crippen molar-refractivity contribution < 1.29 is 20.5 Å². The number of rotatable bonds is 4. The third-order valence-electron chi connectivity index (χ3n) is 8.09. The van der Waals surface area contributed by atoms with Gasteiger partial charge in [0.25, 0.3) is 0 Å². The van der Waals surface area contributed by atoms with Gasteiger partial charge < -0.3 is 14.8 Å². The first-order valence-electron chi connectivity index (χ1n) is 10.2. The van der Waals surface area contributed by atoms with Crippen LogP contribution in [-0.4, -0.2) is 37.7 Å². The van der Waals surface area contributed by atoms with E-state index in [4.69, 9.17) is 9.47 Å². The average Bonchev–Trinajstić information content (AvgIpc) is 3.17. The van der Waals surface area contributed by atoms with Crippen molar-refractivity contribution >= 4 is 12.4 Å². The molecule has 2 aliphatic carbocycles. The lowest BCUT2D eigenvalue weighted by Gasteiger charge is -2.58. The molecule has 0 bridgehead atoms. The fourth-order valence-corrected chi connectivity index (χ4v) is 6.58. The van der Waals surface area contributed by atoms with Crippen LogP contribution in [0.3, 0.4) is 0 Å². The molecule has 2 saturated carbocycles. The van der Waals surface area contributed by atoms with E-state index in [1.165, 1.54) is 32.1 Å². The lowest BCUT2D eigenvalue weighted by molar-refractivity contribution is -0.135. The van der Waals surface area contributed by atoms with Crippen LogP contribution >= 0.6 is 0 Å². The summed E-state index contributed by atoms with van der Waals surface area (Å²) in [4.78, 5) is 22.8. The molecular formula is C21H33NO4. The van der Waals surface area contributed by atoms with Crippen LogP contribution in [0.15, 0.2) is 11.6 Å². The zero-order valence-corrected chi connectivity index (χ0v) is 16.0. The summed E-state index contributed by atoms with van der Waals surface area (Å²) in [5.41, 5.74) is 1.25. The molecule has 1 N–H and O–H groups in total. The van der Waals surface area contributed by atoms with Crippen molar-refractivity contribution in [2.24, 2.45) is 22.7 Å². The molecule has 0 aromatic heterocycles. The molecule has 4 rings (SSSR count). The molecule has 26 heavy (non-hydrogen) atoms. The molecule has 5 heteroatoms. The molecule has 2 aliphatic heterocycles. The normalized spacial score (nSPS) is 46.5. The molecule has 2 heterocycles. The molecule has 0 aromatic carbocycles. The summed E-state index contributed by atoms with van der Waals surface area (Å²) in [7, 11) is 0. The van der Waals surface area contributed by atoms with E-state index in [0.29, 0.717) is 40.8 Å². The molecule has 2 saturated heterocycles. The van der Waals surface area contributed by atoms with Crippen molar-refractivity contribution in [1.82, 2.24) is 5.32 Å². The molecule has 2 unspecified atom stereocenters. The molecule has 0 aromatic rings. The first kappa shape index (κ1) is 18.0. The molecule has 0 radical (unpaired) electrons. The minimum atomic E-state index is -0.288. The maximum absolute atomic E-state index is 12.0. The fourth-order valence-electron chi connectivity index (χ4n) is 6.58. The Balaban J connectivity index is 0.00000210. The van der Waals surface area contributed by atoms with E-state index < -0.39 is 0 Å². The van der Waals surface area contributed by atoms with Gasteiger partial charge in [0, 0.05) is 8.03 Å². The van der Waals surface area contributed by atoms with Crippen LogP contribution in [0.25, 0.3) is 0 Å². The lowest BCUT2D eigenvalue weighted by Crippen LogP contribution is -2.53.